The standard InChI is InChI=1S/C17H25FN2O2/c1-17(2,3)22-16(21)20-10-8-13(9-11-20)12-19-15-6-4-14(18)5-7-15/h4-7,13,19H,8-12H2,1-3H3. The average molecular weight is 308 g/mol. The van der Waals surface area contributed by atoms with Crippen LogP contribution in [0, 0.1) is 11.7 Å². The molecular formula is C17H25FN2O2. The molecule has 0 unspecified atom stereocenters. The highest BCUT2D eigenvalue weighted by Crippen LogP contribution is 2.20. The number of carbonyl (C=O) groups excluding carboxylic acids is 1. The van der Waals surface area contributed by atoms with Gasteiger partial charge in [-0.15, -0.1) is 0 Å². The molecule has 0 aromatic heterocycles. The van der Waals surface area contributed by atoms with Gasteiger partial charge < -0.3 is 15.0 Å². The number of halogens is 1. The van der Waals surface area contributed by atoms with Crippen molar-refractivity contribution >= 4 is 11.8 Å². The molecule has 1 aromatic rings. The zero-order valence-corrected chi connectivity index (χ0v) is 13.6. The zero-order valence-electron chi connectivity index (χ0n) is 13.6. The number of carbonyl (C=O) groups is 1. The Bertz CT molecular complexity index is 488. The second kappa shape index (κ2) is 6.99. The van der Waals surface area contributed by atoms with Gasteiger partial charge in [0.25, 0.3) is 0 Å². The van der Waals surface area contributed by atoms with Gasteiger partial charge in [-0.1, -0.05) is 0 Å². The van der Waals surface area contributed by atoms with E-state index in [4.69, 9.17) is 4.74 Å². The second-order valence-corrected chi connectivity index (χ2v) is 6.80. The Labute approximate surface area is 131 Å². The minimum atomic E-state index is -0.446. The number of piperidine rings is 1. The van der Waals surface area contributed by atoms with Crippen LogP contribution in [0.4, 0.5) is 14.9 Å². The number of nitrogens with one attached hydrogen (secondary N) is 1. The average Bonchev–Trinajstić information content (AvgIpc) is 2.45. The van der Waals surface area contributed by atoms with Gasteiger partial charge in [-0.3, -0.25) is 0 Å². The molecule has 1 aliphatic heterocycles. The molecule has 1 N–H and O–H groups in total. The van der Waals surface area contributed by atoms with E-state index in [2.05, 4.69) is 5.32 Å². The number of likely N-dealkylation sites (tertiary alicyclic amines) is 1. The van der Waals surface area contributed by atoms with E-state index in [1.54, 1.807) is 17.0 Å². The number of amides is 1. The van der Waals surface area contributed by atoms with E-state index in [0.717, 1.165) is 38.2 Å². The van der Waals surface area contributed by atoms with E-state index in [0.29, 0.717) is 5.92 Å². The summed E-state index contributed by atoms with van der Waals surface area (Å²) in [6, 6.07) is 6.39. The lowest BCUT2D eigenvalue weighted by Gasteiger charge is -2.33. The van der Waals surface area contributed by atoms with Crippen molar-refractivity contribution < 1.29 is 13.9 Å². The molecule has 122 valence electrons. The molecule has 0 spiro atoms. The van der Waals surface area contributed by atoms with E-state index >= 15 is 0 Å². The van der Waals surface area contributed by atoms with Crippen LogP contribution in [-0.2, 0) is 4.74 Å². The first-order valence-corrected chi connectivity index (χ1v) is 7.81. The fourth-order valence-corrected chi connectivity index (χ4v) is 2.48. The lowest BCUT2D eigenvalue weighted by atomic mass is 9.97. The Morgan fingerprint density at radius 3 is 2.41 bits per heavy atom. The van der Waals surface area contributed by atoms with Crippen LogP contribution in [-0.4, -0.2) is 36.2 Å². The van der Waals surface area contributed by atoms with Crippen molar-refractivity contribution in [3.63, 3.8) is 0 Å². The number of hydrogen-bond donors (Lipinski definition) is 1. The topological polar surface area (TPSA) is 41.6 Å². The minimum absolute atomic E-state index is 0.225. The van der Waals surface area contributed by atoms with Crippen LogP contribution in [0.15, 0.2) is 24.3 Å². The van der Waals surface area contributed by atoms with Gasteiger partial charge >= 0.3 is 6.09 Å². The molecule has 0 saturated carbocycles. The summed E-state index contributed by atoms with van der Waals surface area (Å²) in [5.41, 5.74) is 0.480. The molecule has 1 amide bonds. The molecule has 1 fully saturated rings. The van der Waals surface area contributed by atoms with Crippen molar-refractivity contribution in [1.82, 2.24) is 4.90 Å². The first-order chi connectivity index (χ1) is 10.3. The largest absolute Gasteiger partial charge is 0.444 e. The highest BCUT2D eigenvalue weighted by atomic mass is 19.1. The first-order valence-electron chi connectivity index (χ1n) is 7.81. The molecule has 1 saturated heterocycles. The predicted molar refractivity (Wildman–Crippen MR) is 85.4 cm³/mol. The third-order valence-corrected chi connectivity index (χ3v) is 3.71. The maximum atomic E-state index is 12.8. The zero-order chi connectivity index (χ0) is 16.2. The van der Waals surface area contributed by atoms with Gasteiger partial charge in [0, 0.05) is 25.3 Å². The molecule has 0 aliphatic carbocycles. The molecule has 0 atom stereocenters. The molecule has 4 nitrogen and oxygen atoms in total. The molecule has 2 rings (SSSR count). The summed E-state index contributed by atoms with van der Waals surface area (Å²) in [5, 5.41) is 3.32. The summed E-state index contributed by atoms with van der Waals surface area (Å²) in [6.45, 7) is 7.93. The van der Waals surface area contributed by atoms with Gasteiger partial charge in [0.15, 0.2) is 0 Å². The SMILES string of the molecule is CC(C)(C)OC(=O)N1CCC(CNc2ccc(F)cc2)CC1. The Morgan fingerprint density at radius 2 is 1.86 bits per heavy atom. The van der Waals surface area contributed by atoms with Crippen LogP contribution < -0.4 is 5.32 Å². The first kappa shape index (κ1) is 16.6. The Morgan fingerprint density at radius 1 is 1.27 bits per heavy atom. The molecule has 22 heavy (non-hydrogen) atoms. The van der Waals surface area contributed by atoms with Gasteiger partial charge in [0.05, 0.1) is 0 Å². The summed E-state index contributed by atoms with van der Waals surface area (Å²) in [5.74, 6) is 0.292. The lowest BCUT2D eigenvalue weighted by molar-refractivity contribution is 0.0188. The van der Waals surface area contributed by atoms with Crippen molar-refractivity contribution in [3.8, 4) is 0 Å². The van der Waals surface area contributed by atoms with Gasteiger partial charge in [0.2, 0.25) is 0 Å². The van der Waals surface area contributed by atoms with Gasteiger partial charge in [0.1, 0.15) is 11.4 Å². The second-order valence-electron chi connectivity index (χ2n) is 6.80. The van der Waals surface area contributed by atoms with Crippen LogP contribution in [0.25, 0.3) is 0 Å². The summed E-state index contributed by atoms with van der Waals surface area (Å²) in [4.78, 5) is 13.8. The number of ether oxygens (including phenoxy) is 1. The fraction of sp³-hybridized carbons (Fsp3) is 0.588. The summed E-state index contributed by atoms with van der Waals surface area (Å²) in [6.07, 6.45) is 1.68. The Kier molecular flexibility index (Phi) is 5.27. The van der Waals surface area contributed by atoms with Crippen LogP contribution >= 0.6 is 0 Å². The van der Waals surface area contributed by atoms with Crippen molar-refractivity contribution in [1.29, 1.82) is 0 Å². The molecule has 1 heterocycles. The van der Waals surface area contributed by atoms with Crippen molar-refractivity contribution in [2.45, 2.75) is 39.2 Å². The van der Waals surface area contributed by atoms with Gasteiger partial charge in [-0.05, 0) is 63.8 Å². The quantitative estimate of drug-likeness (QED) is 0.921. The molecule has 5 heteroatoms. The smallest absolute Gasteiger partial charge is 0.410 e. The lowest BCUT2D eigenvalue weighted by Crippen LogP contribution is -2.42. The Balaban J connectivity index is 1.73. The normalized spacial score (nSPS) is 16.5. The molecule has 1 aliphatic rings. The monoisotopic (exact) mass is 308 g/mol. The third kappa shape index (κ3) is 5.20. The molecular weight excluding hydrogens is 283 g/mol. The number of benzene rings is 1. The van der Waals surface area contributed by atoms with Gasteiger partial charge in [-0.25, -0.2) is 9.18 Å². The molecule has 1 aromatic carbocycles. The van der Waals surface area contributed by atoms with Crippen LogP contribution in [0.1, 0.15) is 33.6 Å². The van der Waals surface area contributed by atoms with Crippen molar-refractivity contribution in [3.05, 3.63) is 30.1 Å². The number of hydrogen-bond acceptors (Lipinski definition) is 3. The number of nitrogens with zero attached hydrogens (tertiary/aromatic N) is 1. The molecule has 0 radical (unpaired) electrons. The van der Waals surface area contributed by atoms with Gasteiger partial charge in [-0.2, -0.15) is 0 Å². The third-order valence-electron chi connectivity index (χ3n) is 3.71. The minimum Gasteiger partial charge on any atom is -0.444 e. The summed E-state index contributed by atoms with van der Waals surface area (Å²) < 4.78 is 18.2. The molecule has 0 bridgehead atoms. The fourth-order valence-electron chi connectivity index (χ4n) is 2.48. The van der Waals surface area contributed by atoms with Crippen molar-refractivity contribution in [2.24, 2.45) is 5.92 Å². The van der Waals surface area contributed by atoms with E-state index in [1.165, 1.54) is 12.1 Å². The van der Waals surface area contributed by atoms with Crippen molar-refractivity contribution in [2.75, 3.05) is 25.0 Å². The summed E-state index contributed by atoms with van der Waals surface area (Å²) >= 11 is 0. The number of rotatable bonds is 3. The summed E-state index contributed by atoms with van der Waals surface area (Å²) in [7, 11) is 0. The maximum Gasteiger partial charge on any atom is 0.410 e. The predicted octanol–water partition coefficient (Wildman–Crippen LogP) is 3.88. The van der Waals surface area contributed by atoms with Crippen LogP contribution in [0.2, 0.25) is 0 Å². The highest BCUT2D eigenvalue weighted by Gasteiger charge is 2.26. The highest BCUT2D eigenvalue weighted by molar-refractivity contribution is 5.68. The van der Waals surface area contributed by atoms with E-state index < -0.39 is 5.60 Å². The van der Waals surface area contributed by atoms with E-state index in [1.807, 2.05) is 20.8 Å². The maximum absolute atomic E-state index is 12.8. The van der Waals surface area contributed by atoms with E-state index in [9.17, 15) is 9.18 Å². The van der Waals surface area contributed by atoms with Crippen LogP contribution in [0.3, 0.4) is 0 Å². The Hall–Kier alpha value is -1.78. The van der Waals surface area contributed by atoms with Crippen LogP contribution in [0.5, 0.6) is 0 Å². The van der Waals surface area contributed by atoms with E-state index in [-0.39, 0.29) is 11.9 Å². The number of anilines is 1.